The molecule has 0 N–H and O–H groups in total. The van der Waals surface area contributed by atoms with Crippen LogP contribution in [0.15, 0.2) is 73.1 Å². The molecule has 0 spiro atoms. The molecule has 4 aromatic rings. The number of hydrogen-bond donors (Lipinski definition) is 0. The topological polar surface area (TPSA) is 59.7 Å². The number of pyridine rings is 2. The maximum atomic E-state index is 13.2. The maximum absolute atomic E-state index is 13.2. The molecule has 0 radical (unpaired) electrons. The maximum Gasteiger partial charge on any atom is 0.417 e. The Bertz CT molecular complexity index is 1320. The van der Waals surface area contributed by atoms with E-state index >= 15 is 0 Å². The highest BCUT2D eigenvalue weighted by atomic mass is 19.4. The summed E-state index contributed by atoms with van der Waals surface area (Å²) < 4.78 is 46.9. The van der Waals surface area contributed by atoms with Crippen molar-refractivity contribution in [2.24, 2.45) is 0 Å². The molecule has 3 aromatic heterocycles. The lowest BCUT2D eigenvalue weighted by atomic mass is 10.1. The van der Waals surface area contributed by atoms with Crippen LogP contribution in [0.25, 0.3) is 17.0 Å². The number of nitrogens with zero attached hydrogens (tertiary/aromatic N) is 4. The molecular formula is C25H21F3N4O2. The van der Waals surface area contributed by atoms with Gasteiger partial charge in [0.1, 0.15) is 11.8 Å². The van der Waals surface area contributed by atoms with Crippen LogP contribution in [0.3, 0.4) is 0 Å². The first-order valence-corrected chi connectivity index (χ1v) is 10.8. The van der Waals surface area contributed by atoms with Crippen molar-refractivity contribution in [2.45, 2.75) is 18.7 Å². The first-order chi connectivity index (χ1) is 16.4. The molecule has 0 aliphatic carbocycles. The van der Waals surface area contributed by atoms with Gasteiger partial charge >= 0.3 is 6.18 Å². The van der Waals surface area contributed by atoms with Crippen LogP contribution in [0.2, 0.25) is 0 Å². The van der Waals surface area contributed by atoms with E-state index in [0.29, 0.717) is 48.8 Å². The van der Waals surface area contributed by atoms with E-state index in [-0.39, 0.29) is 5.91 Å². The average Bonchev–Trinajstić information content (AvgIpc) is 3.28. The number of fused-ring (bicyclic) bond motifs is 1. The molecule has 1 saturated heterocycles. The number of amides is 1. The predicted octanol–water partition coefficient (Wildman–Crippen LogP) is 4.56. The number of hydrogen-bond acceptors (Lipinski definition) is 4. The standard InChI is InChI=1S/C25H21F3N4O2/c26-25(27,28)18-9-10-23-29-14-21(32(23)15-18)19-7-4-8-20(30-19)22-16-31(11-12-34-22)24(33)13-17-5-2-1-3-6-17/h1-10,14-15,22H,11-13,16H2/t22-/m1/s1. The number of aromatic nitrogens is 3. The highest BCUT2D eigenvalue weighted by molar-refractivity contribution is 5.79. The molecule has 0 bridgehead atoms. The minimum absolute atomic E-state index is 0.0112. The van der Waals surface area contributed by atoms with Gasteiger partial charge in [0.2, 0.25) is 5.91 Å². The summed E-state index contributed by atoms with van der Waals surface area (Å²) in [5.74, 6) is 0.0112. The number of alkyl halides is 3. The molecular weight excluding hydrogens is 445 g/mol. The highest BCUT2D eigenvalue weighted by Gasteiger charge is 2.31. The van der Waals surface area contributed by atoms with Gasteiger partial charge in [-0.15, -0.1) is 0 Å². The Morgan fingerprint density at radius 1 is 1.06 bits per heavy atom. The zero-order valence-corrected chi connectivity index (χ0v) is 18.1. The number of benzene rings is 1. The van der Waals surface area contributed by atoms with Gasteiger partial charge in [0.05, 0.1) is 48.4 Å². The lowest BCUT2D eigenvalue weighted by Gasteiger charge is -2.33. The predicted molar refractivity (Wildman–Crippen MR) is 119 cm³/mol. The van der Waals surface area contributed by atoms with E-state index in [1.165, 1.54) is 16.7 Å². The summed E-state index contributed by atoms with van der Waals surface area (Å²) in [5.41, 5.74) is 2.09. The molecule has 6 nitrogen and oxygen atoms in total. The van der Waals surface area contributed by atoms with E-state index in [0.717, 1.165) is 17.8 Å². The van der Waals surface area contributed by atoms with Gasteiger partial charge < -0.3 is 9.64 Å². The molecule has 34 heavy (non-hydrogen) atoms. The Morgan fingerprint density at radius 2 is 1.88 bits per heavy atom. The Kier molecular flexibility index (Phi) is 5.79. The first-order valence-electron chi connectivity index (χ1n) is 10.8. The smallest absolute Gasteiger partial charge is 0.368 e. The van der Waals surface area contributed by atoms with E-state index in [1.54, 1.807) is 23.1 Å². The van der Waals surface area contributed by atoms with E-state index in [9.17, 15) is 18.0 Å². The fraction of sp³-hybridized carbons (Fsp3) is 0.240. The second-order valence-electron chi connectivity index (χ2n) is 8.10. The minimum Gasteiger partial charge on any atom is -0.368 e. The molecule has 0 unspecified atom stereocenters. The van der Waals surface area contributed by atoms with Crippen molar-refractivity contribution in [1.82, 2.24) is 19.3 Å². The number of carbonyl (C=O) groups is 1. The largest absolute Gasteiger partial charge is 0.417 e. The second kappa shape index (κ2) is 8.90. The number of morpholine rings is 1. The van der Waals surface area contributed by atoms with Crippen molar-refractivity contribution in [2.75, 3.05) is 19.7 Å². The van der Waals surface area contributed by atoms with Gasteiger partial charge in [0.25, 0.3) is 0 Å². The molecule has 1 fully saturated rings. The Balaban J connectivity index is 1.38. The molecule has 174 valence electrons. The average molecular weight is 466 g/mol. The van der Waals surface area contributed by atoms with Crippen LogP contribution in [0.5, 0.6) is 0 Å². The minimum atomic E-state index is -4.46. The quantitative estimate of drug-likeness (QED) is 0.443. The summed E-state index contributed by atoms with van der Waals surface area (Å²) in [6, 6.07) is 17.2. The lowest BCUT2D eigenvalue weighted by Crippen LogP contribution is -2.43. The van der Waals surface area contributed by atoms with Crippen LogP contribution in [0.4, 0.5) is 13.2 Å². The number of halogens is 3. The summed E-state index contributed by atoms with van der Waals surface area (Å²) in [4.78, 5) is 23.4. The van der Waals surface area contributed by atoms with Crippen LogP contribution >= 0.6 is 0 Å². The summed E-state index contributed by atoms with van der Waals surface area (Å²) in [6.07, 6.45) is -2.06. The van der Waals surface area contributed by atoms with Crippen molar-refractivity contribution in [3.8, 4) is 11.4 Å². The third-order valence-electron chi connectivity index (χ3n) is 5.81. The first kappa shape index (κ1) is 22.1. The molecule has 9 heteroatoms. The van der Waals surface area contributed by atoms with Gasteiger partial charge in [-0.3, -0.25) is 9.20 Å². The fourth-order valence-electron chi connectivity index (χ4n) is 4.05. The van der Waals surface area contributed by atoms with Crippen molar-refractivity contribution in [3.63, 3.8) is 0 Å². The lowest BCUT2D eigenvalue weighted by molar-refractivity contribution is -0.138. The molecule has 1 aliphatic rings. The van der Waals surface area contributed by atoms with Crippen LogP contribution in [-0.4, -0.2) is 44.9 Å². The highest BCUT2D eigenvalue weighted by Crippen LogP contribution is 2.31. The third kappa shape index (κ3) is 4.51. The van der Waals surface area contributed by atoms with Gasteiger partial charge in [-0.2, -0.15) is 13.2 Å². The van der Waals surface area contributed by atoms with Crippen LogP contribution < -0.4 is 0 Å². The monoisotopic (exact) mass is 466 g/mol. The zero-order valence-electron chi connectivity index (χ0n) is 18.1. The molecule has 5 rings (SSSR count). The van der Waals surface area contributed by atoms with Crippen molar-refractivity contribution < 1.29 is 22.7 Å². The molecule has 1 amide bonds. The van der Waals surface area contributed by atoms with Gasteiger partial charge in [-0.25, -0.2) is 9.97 Å². The molecule has 1 aromatic carbocycles. The molecule has 1 aliphatic heterocycles. The zero-order chi connectivity index (χ0) is 23.7. The summed E-state index contributed by atoms with van der Waals surface area (Å²) in [7, 11) is 0. The van der Waals surface area contributed by atoms with Gasteiger partial charge in [-0.05, 0) is 29.8 Å². The Labute approximate surface area is 193 Å². The van der Waals surface area contributed by atoms with E-state index in [4.69, 9.17) is 4.74 Å². The number of rotatable bonds is 4. The molecule has 4 heterocycles. The van der Waals surface area contributed by atoms with Crippen molar-refractivity contribution in [3.05, 3.63) is 89.9 Å². The summed E-state index contributed by atoms with van der Waals surface area (Å²) in [5, 5.41) is 0. The van der Waals surface area contributed by atoms with Gasteiger partial charge in [-0.1, -0.05) is 36.4 Å². The second-order valence-corrected chi connectivity index (χ2v) is 8.10. The number of ether oxygens (including phenoxy) is 1. The van der Waals surface area contributed by atoms with Crippen LogP contribution in [0.1, 0.15) is 22.9 Å². The van der Waals surface area contributed by atoms with E-state index in [2.05, 4.69) is 9.97 Å². The molecule has 0 saturated carbocycles. The van der Waals surface area contributed by atoms with Gasteiger partial charge in [0, 0.05) is 12.7 Å². The van der Waals surface area contributed by atoms with E-state index < -0.39 is 17.8 Å². The Morgan fingerprint density at radius 3 is 2.68 bits per heavy atom. The normalized spacial score (nSPS) is 16.7. The van der Waals surface area contributed by atoms with Crippen LogP contribution in [0, 0.1) is 0 Å². The van der Waals surface area contributed by atoms with Crippen LogP contribution in [-0.2, 0) is 22.1 Å². The van der Waals surface area contributed by atoms with Gasteiger partial charge in [0.15, 0.2) is 0 Å². The number of imidazole rings is 1. The van der Waals surface area contributed by atoms with Crippen molar-refractivity contribution in [1.29, 1.82) is 0 Å². The summed E-state index contributed by atoms with van der Waals surface area (Å²) >= 11 is 0. The number of carbonyl (C=O) groups excluding carboxylic acids is 1. The van der Waals surface area contributed by atoms with Crippen molar-refractivity contribution >= 4 is 11.6 Å². The SMILES string of the molecule is O=C(Cc1ccccc1)N1CCO[C@@H](c2cccc(-c3cnc4ccc(C(F)(F)F)cn34)n2)C1. The fourth-order valence-corrected chi connectivity index (χ4v) is 4.05. The summed E-state index contributed by atoms with van der Waals surface area (Å²) in [6.45, 7) is 1.23. The third-order valence-corrected chi connectivity index (χ3v) is 5.81. The molecule has 1 atom stereocenters. The Hall–Kier alpha value is -3.72. The van der Waals surface area contributed by atoms with E-state index in [1.807, 2.05) is 30.3 Å².